The third-order valence-corrected chi connectivity index (χ3v) is 5.11. The first-order valence-electron chi connectivity index (χ1n) is 7.83. The lowest BCUT2D eigenvalue weighted by molar-refractivity contribution is 0.0409. The predicted molar refractivity (Wildman–Crippen MR) is 91.5 cm³/mol. The fourth-order valence-electron chi connectivity index (χ4n) is 2.44. The molecule has 1 aliphatic heterocycles. The van der Waals surface area contributed by atoms with E-state index in [0.29, 0.717) is 5.75 Å². The molecule has 1 unspecified atom stereocenters. The van der Waals surface area contributed by atoms with E-state index in [2.05, 4.69) is 4.90 Å². The van der Waals surface area contributed by atoms with Crippen LogP contribution >= 0.6 is 0 Å². The van der Waals surface area contributed by atoms with Gasteiger partial charge in [-0.2, -0.15) is 0 Å². The van der Waals surface area contributed by atoms with Crippen molar-refractivity contribution in [2.75, 3.05) is 38.6 Å². The molecule has 0 amide bonds. The van der Waals surface area contributed by atoms with Crippen LogP contribution in [0.2, 0.25) is 0 Å². The van der Waals surface area contributed by atoms with Crippen LogP contribution in [0.4, 0.5) is 0 Å². The molecule has 1 aliphatic rings. The summed E-state index contributed by atoms with van der Waals surface area (Å²) in [5.74, 6) is 2.21. The van der Waals surface area contributed by atoms with Crippen LogP contribution in [0.3, 0.4) is 0 Å². The van der Waals surface area contributed by atoms with E-state index in [-0.39, 0.29) is 0 Å². The zero-order chi connectivity index (χ0) is 15.9. The van der Waals surface area contributed by atoms with Gasteiger partial charge in [0, 0.05) is 30.3 Å². The summed E-state index contributed by atoms with van der Waals surface area (Å²) in [6.45, 7) is 4.26. The standard InChI is InChI=1S/C18H21NO3S/c20-23(15-12-19-10-13-21-14-11-19)18-8-6-17(7-9-18)22-16-4-2-1-3-5-16/h1-9H,10-15H2. The molecule has 1 saturated heterocycles. The largest absolute Gasteiger partial charge is 0.457 e. The highest BCUT2D eigenvalue weighted by Crippen LogP contribution is 2.22. The van der Waals surface area contributed by atoms with Crippen molar-refractivity contribution >= 4 is 10.8 Å². The highest BCUT2D eigenvalue weighted by Gasteiger charge is 2.12. The van der Waals surface area contributed by atoms with Crippen LogP contribution in [0.15, 0.2) is 59.5 Å². The van der Waals surface area contributed by atoms with Gasteiger partial charge in [-0.25, -0.2) is 0 Å². The Labute approximate surface area is 139 Å². The lowest BCUT2D eigenvalue weighted by Gasteiger charge is -2.26. The monoisotopic (exact) mass is 331 g/mol. The van der Waals surface area contributed by atoms with Crippen molar-refractivity contribution < 1.29 is 13.7 Å². The number of morpholine rings is 1. The topological polar surface area (TPSA) is 38.8 Å². The maximum absolute atomic E-state index is 12.4. The number of benzene rings is 2. The molecular weight excluding hydrogens is 310 g/mol. The third kappa shape index (κ3) is 4.89. The molecule has 1 fully saturated rings. The van der Waals surface area contributed by atoms with E-state index >= 15 is 0 Å². The van der Waals surface area contributed by atoms with Gasteiger partial charge < -0.3 is 9.47 Å². The molecular formula is C18H21NO3S. The minimum Gasteiger partial charge on any atom is -0.457 e. The minimum absolute atomic E-state index is 0.652. The van der Waals surface area contributed by atoms with E-state index in [0.717, 1.165) is 49.2 Å². The Morgan fingerprint density at radius 1 is 0.957 bits per heavy atom. The van der Waals surface area contributed by atoms with Crippen molar-refractivity contribution in [3.63, 3.8) is 0 Å². The van der Waals surface area contributed by atoms with Gasteiger partial charge in [0.25, 0.3) is 0 Å². The summed E-state index contributed by atoms with van der Waals surface area (Å²) < 4.78 is 23.4. The molecule has 4 nitrogen and oxygen atoms in total. The Morgan fingerprint density at radius 3 is 2.30 bits per heavy atom. The van der Waals surface area contributed by atoms with Crippen LogP contribution in [0.1, 0.15) is 0 Å². The summed E-state index contributed by atoms with van der Waals surface area (Å²) in [4.78, 5) is 3.15. The van der Waals surface area contributed by atoms with Crippen LogP contribution < -0.4 is 4.74 Å². The van der Waals surface area contributed by atoms with Gasteiger partial charge in [0.2, 0.25) is 0 Å². The zero-order valence-electron chi connectivity index (χ0n) is 13.0. The molecule has 0 bridgehead atoms. The highest BCUT2D eigenvalue weighted by atomic mass is 32.2. The number of hydrogen-bond acceptors (Lipinski definition) is 4. The maximum Gasteiger partial charge on any atom is 0.127 e. The molecule has 1 atom stereocenters. The first-order chi connectivity index (χ1) is 11.3. The summed E-state index contributed by atoms with van der Waals surface area (Å²) in [5, 5.41) is 0. The summed E-state index contributed by atoms with van der Waals surface area (Å²) >= 11 is 0. The second-order valence-corrected chi connectivity index (χ2v) is 6.96. The van der Waals surface area contributed by atoms with Gasteiger partial charge in [-0.15, -0.1) is 0 Å². The first kappa shape index (κ1) is 16.2. The molecule has 0 radical (unpaired) electrons. The van der Waals surface area contributed by atoms with Crippen LogP contribution in [0.5, 0.6) is 11.5 Å². The lowest BCUT2D eigenvalue weighted by atomic mass is 10.3. The van der Waals surface area contributed by atoms with Crippen LogP contribution in [-0.4, -0.2) is 47.7 Å². The number of ether oxygens (including phenoxy) is 2. The molecule has 0 aliphatic carbocycles. The molecule has 1 heterocycles. The lowest BCUT2D eigenvalue weighted by Crippen LogP contribution is -2.38. The predicted octanol–water partition coefficient (Wildman–Crippen LogP) is 2.92. The Kier molecular flexibility index (Phi) is 5.80. The summed E-state index contributed by atoms with van der Waals surface area (Å²) in [7, 11) is -0.978. The molecule has 2 aromatic carbocycles. The number of nitrogens with zero attached hydrogens (tertiary/aromatic N) is 1. The smallest absolute Gasteiger partial charge is 0.127 e. The summed E-state index contributed by atoms with van der Waals surface area (Å²) in [5.41, 5.74) is 0. The van der Waals surface area contributed by atoms with Crippen molar-refractivity contribution in [1.29, 1.82) is 0 Å². The van der Waals surface area contributed by atoms with Gasteiger partial charge in [-0.05, 0) is 36.4 Å². The van der Waals surface area contributed by atoms with Crippen molar-refractivity contribution in [1.82, 2.24) is 4.90 Å². The van der Waals surface area contributed by atoms with E-state index < -0.39 is 10.8 Å². The van der Waals surface area contributed by atoms with E-state index in [4.69, 9.17) is 9.47 Å². The second-order valence-electron chi connectivity index (χ2n) is 5.39. The number of para-hydroxylation sites is 1. The molecule has 0 aromatic heterocycles. The molecule has 0 N–H and O–H groups in total. The van der Waals surface area contributed by atoms with Crippen LogP contribution in [0.25, 0.3) is 0 Å². The van der Waals surface area contributed by atoms with Crippen LogP contribution in [-0.2, 0) is 15.5 Å². The Hall–Kier alpha value is -1.69. The zero-order valence-corrected chi connectivity index (χ0v) is 13.8. The quantitative estimate of drug-likeness (QED) is 0.816. The van der Waals surface area contributed by atoms with Crippen molar-refractivity contribution in [2.24, 2.45) is 0 Å². The van der Waals surface area contributed by atoms with Crippen molar-refractivity contribution in [3.05, 3.63) is 54.6 Å². The normalized spacial score (nSPS) is 16.9. The van der Waals surface area contributed by atoms with Crippen LogP contribution in [0, 0.1) is 0 Å². The molecule has 0 saturated carbocycles. The van der Waals surface area contributed by atoms with E-state index in [1.807, 2.05) is 54.6 Å². The van der Waals surface area contributed by atoms with Crippen molar-refractivity contribution in [2.45, 2.75) is 4.90 Å². The fourth-order valence-corrected chi connectivity index (χ4v) is 3.54. The van der Waals surface area contributed by atoms with E-state index in [1.165, 1.54) is 0 Å². The van der Waals surface area contributed by atoms with E-state index in [9.17, 15) is 4.21 Å². The SMILES string of the molecule is O=S(CCN1CCOCC1)c1ccc(Oc2ccccc2)cc1. The van der Waals surface area contributed by atoms with Gasteiger partial charge in [0.15, 0.2) is 0 Å². The molecule has 5 heteroatoms. The highest BCUT2D eigenvalue weighted by molar-refractivity contribution is 7.85. The van der Waals surface area contributed by atoms with Gasteiger partial charge >= 0.3 is 0 Å². The Balaban J connectivity index is 1.52. The molecule has 2 aromatic rings. The maximum atomic E-state index is 12.4. The molecule has 0 spiro atoms. The average molecular weight is 331 g/mol. The van der Waals surface area contributed by atoms with Gasteiger partial charge in [0.1, 0.15) is 11.5 Å². The Morgan fingerprint density at radius 2 is 1.61 bits per heavy atom. The average Bonchev–Trinajstić information content (AvgIpc) is 2.62. The minimum atomic E-state index is -0.978. The van der Waals surface area contributed by atoms with Gasteiger partial charge in [-0.3, -0.25) is 9.11 Å². The molecule has 3 rings (SSSR count). The second kappa shape index (κ2) is 8.24. The van der Waals surface area contributed by atoms with Crippen molar-refractivity contribution in [3.8, 4) is 11.5 Å². The van der Waals surface area contributed by atoms with Gasteiger partial charge in [-0.1, -0.05) is 18.2 Å². The third-order valence-electron chi connectivity index (χ3n) is 3.76. The van der Waals surface area contributed by atoms with E-state index in [1.54, 1.807) is 0 Å². The number of rotatable bonds is 6. The summed E-state index contributed by atoms with van der Waals surface area (Å²) in [6.07, 6.45) is 0. The first-order valence-corrected chi connectivity index (χ1v) is 9.14. The molecule has 122 valence electrons. The summed E-state index contributed by atoms with van der Waals surface area (Å²) in [6, 6.07) is 17.1. The van der Waals surface area contributed by atoms with Gasteiger partial charge in [0.05, 0.1) is 24.0 Å². The fraction of sp³-hybridized carbons (Fsp3) is 0.333. The Bertz CT molecular complexity index is 624. The molecule has 23 heavy (non-hydrogen) atoms. The number of hydrogen-bond donors (Lipinski definition) is 0.